The van der Waals surface area contributed by atoms with Gasteiger partial charge in [0.2, 0.25) is 0 Å². The molecule has 154 valence electrons. The van der Waals surface area contributed by atoms with Gasteiger partial charge in [0, 0.05) is 30.1 Å². The Labute approximate surface area is 191 Å². The average molecular weight is 537 g/mol. The van der Waals surface area contributed by atoms with Crippen molar-refractivity contribution in [2.45, 2.75) is 26.5 Å². The SMILES string of the molecule is CCNC(=O)c1ccc(CN=C(NCC)NCC(O)c2ccc(Cl)s2)cc1.I. The zero-order valence-electron chi connectivity index (χ0n) is 15.9. The topological polar surface area (TPSA) is 85.8 Å². The Morgan fingerprint density at radius 1 is 1.11 bits per heavy atom. The molecule has 1 amide bonds. The number of aliphatic hydroxyl groups excluding tert-OH is 1. The number of benzene rings is 1. The molecule has 0 spiro atoms. The van der Waals surface area contributed by atoms with Gasteiger partial charge in [-0.25, -0.2) is 4.99 Å². The van der Waals surface area contributed by atoms with E-state index in [1.807, 2.05) is 32.0 Å². The molecule has 0 fully saturated rings. The molecule has 28 heavy (non-hydrogen) atoms. The number of carbonyl (C=O) groups is 1. The van der Waals surface area contributed by atoms with E-state index < -0.39 is 6.10 Å². The second-order valence-electron chi connectivity index (χ2n) is 5.79. The van der Waals surface area contributed by atoms with Crippen LogP contribution in [0.1, 0.15) is 40.8 Å². The third-order valence-electron chi connectivity index (χ3n) is 3.70. The Morgan fingerprint density at radius 2 is 1.79 bits per heavy atom. The van der Waals surface area contributed by atoms with E-state index in [-0.39, 0.29) is 29.9 Å². The van der Waals surface area contributed by atoms with E-state index >= 15 is 0 Å². The van der Waals surface area contributed by atoms with Crippen LogP contribution in [0.3, 0.4) is 0 Å². The summed E-state index contributed by atoms with van der Waals surface area (Å²) in [5.74, 6) is 0.539. The van der Waals surface area contributed by atoms with Crippen molar-refractivity contribution >= 4 is 58.8 Å². The van der Waals surface area contributed by atoms with Crippen LogP contribution in [0.2, 0.25) is 4.34 Å². The third-order valence-corrected chi connectivity index (χ3v) is 5.04. The molecule has 0 bridgehead atoms. The predicted molar refractivity (Wildman–Crippen MR) is 127 cm³/mol. The highest BCUT2D eigenvalue weighted by molar-refractivity contribution is 14.0. The smallest absolute Gasteiger partial charge is 0.251 e. The lowest BCUT2D eigenvalue weighted by Crippen LogP contribution is -2.39. The lowest BCUT2D eigenvalue weighted by Gasteiger charge is -2.14. The average Bonchev–Trinajstić information content (AvgIpc) is 3.11. The molecular formula is C19H26ClIN4O2S. The fourth-order valence-corrected chi connectivity index (χ4v) is 3.38. The first-order valence-electron chi connectivity index (χ1n) is 8.86. The lowest BCUT2D eigenvalue weighted by molar-refractivity contribution is 0.0956. The highest BCUT2D eigenvalue weighted by atomic mass is 127. The molecule has 1 aromatic carbocycles. The molecule has 1 aromatic heterocycles. The Kier molecular flexibility index (Phi) is 11.4. The van der Waals surface area contributed by atoms with E-state index in [4.69, 9.17) is 11.6 Å². The van der Waals surface area contributed by atoms with Gasteiger partial charge >= 0.3 is 0 Å². The van der Waals surface area contributed by atoms with Crippen LogP contribution >= 0.6 is 46.9 Å². The van der Waals surface area contributed by atoms with Crippen LogP contribution in [0.5, 0.6) is 0 Å². The van der Waals surface area contributed by atoms with Crippen LogP contribution in [0.4, 0.5) is 0 Å². The normalized spacial score (nSPS) is 12.1. The van der Waals surface area contributed by atoms with E-state index in [0.717, 1.165) is 10.4 Å². The fourth-order valence-electron chi connectivity index (χ4n) is 2.34. The summed E-state index contributed by atoms with van der Waals surface area (Å²) in [7, 11) is 0. The number of aliphatic hydroxyl groups is 1. The van der Waals surface area contributed by atoms with E-state index in [1.165, 1.54) is 11.3 Å². The molecule has 0 aliphatic carbocycles. The molecule has 0 aliphatic heterocycles. The first-order valence-corrected chi connectivity index (χ1v) is 10.1. The Balaban J connectivity index is 0.00000392. The number of hydrogen-bond acceptors (Lipinski definition) is 4. The number of halogens is 2. The largest absolute Gasteiger partial charge is 0.386 e. The molecule has 2 aromatic rings. The van der Waals surface area contributed by atoms with Crippen molar-refractivity contribution in [1.29, 1.82) is 0 Å². The molecule has 9 heteroatoms. The minimum atomic E-state index is -0.650. The summed E-state index contributed by atoms with van der Waals surface area (Å²) in [5, 5.41) is 19.3. The summed E-state index contributed by atoms with van der Waals surface area (Å²) in [4.78, 5) is 17.1. The molecule has 4 N–H and O–H groups in total. The summed E-state index contributed by atoms with van der Waals surface area (Å²) < 4.78 is 0.653. The fraction of sp³-hybridized carbons (Fsp3) is 0.368. The van der Waals surface area contributed by atoms with Gasteiger partial charge in [-0.15, -0.1) is 35.3 Å². The maximum Gasteiger partial charge on any atom is 0.251 e. The summed E-state index contributed by atoms with van der Waals surface area (Å²) >= 11 is 7.27. The van der Waals surface area contributed by atoms with E-state index in [2.05, 4.69) is 20.9 Å². The number of amides is 1. The molecule has 2 rings (SSSR count). The molecule has 1 atom stereocenters. The summed E-state index contributed by atoms with van der Waals surface area (Å²) in [6, 6.07) is 11.0. The van der Waals surface area contributed by atoms with Gasteiger partial charge in [-0.05, 0) is 43.7 Å². The molecule has 1 heterocycles. The number of thiophene rings is 1. The van der Waals surface area contributed by atoms with Crippen LogP contribution < -0.4 is 16.0 Å². The highest BCUT2D eigenvalue weighted by Gasteiger charge is 2.11. The maximum absolute atomic E-state index is 11.8. The van der Waals surface area contributed by atoms with E-state index in [1.54, 1.807) is 18.2 Å². The van der Waals surface area contributed by atoms with Gasteiger partial charge < -0.3 is 21.1 Å². The molecule has 0 saturated heterocycles. The molecule has 6 nitrogen and oxygen atoms in total. The molecule has 0 aliphatic rings. The van der Waals surface area contributed by atoms with Crippen molar-refractivity contribution in [3.05, 3.63) is 56.7 Å². The van der Waals surface area contributed by atoms with Gasteiger partial charge in [-0.3, -0.25) is 4.79 Å². The Hall–Kier alpha value is -1.36. The Bertz CT molecular complexity index is 768. The second kappa shape index (κ2) is 13.0. The quantitative estimate of drug-likeness (QED) is 0.236. The van der Waals surface area contributed by atoms with Crippen LogP contribution in [0.15, 0.2) is 41.4 Å². The first kappa shape index (κ1) is 24.7. The monoisotopic (exact) mass is 536 g/mol. The number of guanidine groups is 1. The van der Waals surface area contributed by atoms with Crippen molar-refractivity contribution < 1.29 is 9.90 Å². The number of hydrogen-bond donors (Lipinski definition) is 4. The van der Waals surface area contributed by atoms with Gasteiger partial charge in [0.15, 0.2) is 5.96 Å². The van der Waals surface area contributed by atoms with Crippen molar-refractivity contribution in [2.75, 3.05) is 19.6 Å². The predicted octanol–water partition coefficient (Wildman–Crippen LogP) is 3.56. The van der Waals surface area contributed by atoms with Gasteiger partial charge in [0.05, 0.1) is 10.9 Å². The Morgan fingerprint density at radius 3 is 2.36 bits per heavy atom. The highest BCUT2D eigenvalue weighted by Crippen LogP contribution is 2.26. The van der Waals surface area contributed by atoms with Crippen molar-refractivity contribution in [3.8, 4) is 0 Å². The maximum atomic E-state index is 11.8. The second-order valence-corrected chi connectivity index (χ2v) is 7.54. The zero-order valence-corrected chi connectivity index (χ0v) is 19.8. The van der Waals surface area contributed by atoms with Gasteiger partial charge in [-0.2, -0.15) is 0 Å². The number of nitrogens with one attached hydrogen (secondary N) is 3. The molecule has 0 radical (unpaired) electrons. The minimum Gasteiger partial charge on any atom is -0.386 e. The minimum absolute atomic E-state index is 0. The van der Waals surface area contributed by atoms with Crippen molar-refractivity contribution in [1.82, 2.24) is 16.0 Å². The van der Waals surface area contributed by atoms with Gasteiger partial charge in [0.1, 0.15) is 6.10 Å². The molecule has 1 unspecified atom stereocenters. The standard InChI is InChI=1S/C19H25ClN4O2S.HI/c1-3-21-18(26)14-7-5-13(6-8-14)11-23-19(22-4-2)24-12-15(25)16-9-10-17(20)27-16;/h5-10,15,25H,3-4,11-12H2,1-2H3,(H,21,26)(H2,22,23,24);1H. The number of nitrogens with zero attached hydrogens (tertiary/aromatic N) is 1. The van der Waals surface area contributed by atoms with Gasteiger partial charge in [0.25, 0.3) is 5.91 Å². The van der Waals surface area contributed by atoms with Crippen LogP contribution in [0, 0.1) is 0 Å². The number of rotatable bonds is 8. The zero-order chi connectivity index (χ0) is 19.6. The lowest BCUT2D eigenvalue weighted by atomic mass is 10.1. The van der Waals surface area contributed by atoms with Crippen LogP contribution in [0.25, 0.3) is 0 Å². The van der Waals surface area contributed by atoms with Crippen molar-refractivity contribution in [2.24, 2.45) is 4.99 Å². The summed E-state index contributed by atoms with van der Waals surface area (Å²) in [6.07, 6.45) is -0.650. The van der Waals surface area contributed by atoms with Crippen LogP contribution in [-0.2, 0) is 6.54 Å². The number of aliphatic imine (C=N–C) groups is 1. The van der Waals surface area contributed by atoms with E-state index in [9.17, 15) is 9.90 Å². The van der Waals surface area contributed by atoms with E-state index in [0.29, 0.717) is 42.0 Å². The number of carbonyl (C=O) groups excluding carboxylic acids is 1. The molecular weight excluding hydrogens is 511 g/mol. The molecule has 0 saturated carbocycles. The van der Waals surface area contributed by atoms with Crippen LogP contribution in [-0.4, -0.2) is 36.6 Å². The summed E-state index contributed by atoms with van der Waals surface area (Å²) in [6.45, 7) is 5.98. The van der Waals surface area contributed by atoms with Crippen molar-refractivity contribution in [3.63, 3.8) is 0 Å². The first-order chi connectivity index (χ1) is 13.0. The third kappa shape index (κ3) is 7.94. The van der Waals surface area contributed by atoms with Gasteiger partial charge in [-0.1, -0.05) is 23.7 Å². The summed E-state index contributed by atoms with van der Waals surface area (Å²) in [5.41, 5.74) is 1.62.